The van der Waals surface area contributed by atoms with E-state index in [0.29, 0.717) is 12.3 Å². The van der Waals surface area contributed by atoms with E-state index in [1.54, 1.807) is 0 Å². The first-order valence-corrected chi connectivity index (χ1v) is 7.42. The summed E-state index contributed by atoms with van der Waals surface area (Å²) in [5, 5.41) is 18.1. The van der Waals surface area contributed by atoms with Gasteiger partial charge in [-0.2, -0.15) is 0 Å². The molecule has 0 radical (unpaired) electrons. The lowest BCUT2D eigenvalue weighted by Gasteiger charge is -2.06. The first-order valence-electron chi connectivity index (χ1n) is 7.42. The highest BCUT2D eigenvalue weighted by molar-refractivity contribution is 6.31. The van der Waals surface area contributed by atoms with Crippen molar-refractivity contribution in [2.45, 2.75) is 0 Å². The van der Waals surface area contributed by atoms with Gasteiger partial charge in [0.1, 0.15) is 6.21 Å². The standard InChI is InChI=1S/C16H11F3N4O5/c17-11-4-5-12(16(19)15(11)18)22-14(25)8-28-20-7-13(24)21-9-2-1-3-10(6-9)23(26)27/h1-7H,8H2,(H,21,24)(H,22,25)/b20-7-. The number of anilines is 2. The molecule has 0 heterocycles. The Hall–Kier alpha value is -3.96. The maximum Gasteiger partial charge on any atom is 0.271 e. The Morgan fingerprint density at radius 3 is 2.61 bits per heavy atom. The van der Waals surface area contributed by atoms with Crippen molar-refractivity contribution in [3.63, 3.8) is 0 Å². The minimum Gasteiger partial charge on any atom is -0.385 e. The Balaban J connectivity index is 1.82. The number of carbonyl (C=O) groups is 2. The number of non-ortho nitro benzene ring substituents is 1. The average molecular weight is 396 g/mol. The molecule has 0 aliphatic rings. The van der Waals surface area contributed by atoms with Crippen molar-refractivity contribution >= 4 is 35.1 Å². The minimum atomic E-state index is -1.74. The molecular formula is C16H11F3N4O5. The van der Waals surface area contributed by atoms with Gasteiger partial charge in [0.2, 0.25) is 0 Å². The number of rotatable bonds is 7. The number of nitrogens with zero attached hydrogens (tertiary/aromatic N) is 2. The molecule has 0 bridgehead atoms. The van der Waals surface area contributed by atoms with Gasteiger partial charge in [0.15, 0.2) is 24.1 Å². The molecule has 9 nitrogen and oxygen atoms in total. The molecule has 2 aromatic carbocycles. The van der Waals surface area contributed by atoms with Crippen molar-refractivity contribution in [1.29, 1.82) is 0 Å². The Labute approximate surface area is 154 Å². The van der Waals surface area contributed by atoms with Crippen molar-refractivity contribution in [1.82, 2.24) is 0 Å². The van der Waals surface area contributed by atoms with Crippen LogP contribution in [0.15, 0.2) is 41.6 Å². The van der Waals surface area contributed by atoms with E-state index in [4.69, 9.17) is 0 Å². The average Bonchev–Trinajstić information content (AvgIpc) is 2.66. The van der Waals surface area contributed by atoms with Gasteiger partial charge in [0, 0.05) is 17.8 Å². The summed E-state index contributed by atoms with van der Waals surface area (Å²) < 4.78 is 39.3. The normalized spacial score (nSPS) is 10.5. The molecule has 0 unspecified atom stereocenters. The summed E-state index contributed by atoms with van der Waals surface area (Å²) in [6.07, 6.45) is 0.657. The van der Waals surface area contributed by atoms with E-state index in [1.807, 2.05) is 5.32 Å². The highest BCUT2D eigenvalue weighted by atomic mass is 19.2. The maximum atomic E-state index is 13.4. The molecule has 2 rings (SSSR count). The molecule has 28 heavy (non-hydrogen) atoms. The fourth-order valence-electron chi connectivity index (χ4n) is 1.86. The molecular weight excluding hydrogens is 385 g/mol. The molecule has 0 aromatic heterocycles. The zero-order valence-corrected chi connectivity index (χ0v) is 13.8. The zero-order chi connectivity index (χ0) is 20.7. The Bertz CT molecular complexity index is 952. The lowest BCUT2D eigenvalue weighted by Crippen LogP contribution is -2.19. The van der Waals surface area contributed by atoms with Crippen LogP contribution in [-0.2, 0) is 14.4 Å². The van der Waals surface area contributed by atoms with Gasteiger partial charge in [0.25, 0.3) is 17.5 Å². The smallest absolute Gasteiger partial charge is 0.271 e. The number of hydrogen-bond acceptors (Lipinski definition) is 6. The van der Waals surface area contributed by atoms with Crippen LogP contribution in [0.3, 0.4) is 0 Å². The third-order valence-corrected chi connectivity index (χ3v) is 3.07. The lowest BCUT2D eigenvalue weighted by molar-refractivity contribution is -0.384. The monoisotopic (exact) mass is 396 g/mol. The van der Waals surface area contributed by atoms with Crippen LogP contribution >= 0.6 is 0 Å². The molecule has 0 saturated heterocycles. The number of hydrogen-bond donors (Lipinski definition) is 2. The molecule has 2 N–H and O–H groups in total. The van der Waals surface area contributed by atoms with Crippen LogP contribution in [0.25, 0.3) is 0 Å². The highest BCUT2D eigenvalue weighted by Crippen LogP contribution is 2.19. The summed E-state index contributed by atoms with van der Waals surface area (Å²) >= 11 is 0. The maximum absolute atomic E-state index is 13.4. The van der Waals surface area contributed by atoms with Crippen molar-refractivity contribution in [2.24, 2.45) is 5.16 Å². The van der Waals surface area contributed by atoms with E-state index in [9.17, 15) is 32.9 Å². The molecule has 0 atom stereocenters. The number of amides is 2. The van der Waals surface area contributed by atoms with Crippen molar-refractivity contribution in [2.75, 3.05) is 17.2 Å². The van der Waals surface area contributed by atoms with Crippen molar-refractivity contribution in [3.05, 3.63) is 64.0 Å². The summed E-state index contributed by atoms with van der Waals surface area (Å²) in [6, 6.07) is 6.58. The first kappa shape index (κ1) is 20.4. The van der Waals surface area contributed by atoms with Crippen LogP contribution in [-0.4, -0.2) is 29.6 Å². The van der Waals surface area contributed by atoms with E-state index >= 15 is 0 Å². The summed E-state index contributed by atoms with van der Waals surface area (Å²) in [4.78, 5) is 37.7. The van der Waals surface area contributed by atoms with Crippen LogP contribution in [0, 0.1) is 27.6 Å². The van der Waals surface area contributed by atoms with Gasteiger partial charge in [-0.1, -0.05) is 11.2 Å². The van der Waals surface area contributed by atoms with Crippen LogP contribution in [0.2, 0.25) is 0 Å². The van der Waals surface area contributed by atoms with Gasteiger partial charge in [-0.3, -0.25) is 19.7 Å². The molecule has 0 aliphatic heterocycles. The summed E-state index contributed by atoms with van der Waals surface area (Å²) in [6.45, 7) is -0.751. The molecule has 0 aliphatic carbocycles. The SMILES string of the molecule is O=C(/C=N\OCC(=O)Nc1ccc(F)c(F)c1F)Nc1cccc([N+](=O)[O-])c1. The third kappa shape index (κ3) is 5.52. The predicted molar refractivity (Wildman–Crippen MR) is 91.1 cm³/mol. The van der Waals surface area contributed by atoms with E-state index in [-0.39, 0.29) is 11.4 Å². The number of benzene rings is 2. The van der Waals surface area contributed by atoms with Gasteiger partial charge in [0.05, 0.1) is 10.6 Å². The molecule has 0 spiro atoms. The van der Waals surface area contributed by atoms with E-state index < -0.39 is 46.5 Å². The zero-order valence-electron chi connectivity index (χ0n) is 13.8. The first-order chi connectivity index (χ1) is 13.3. The number of carbonyl (C=O) groups excluding carboxylic acids is 2. The lowest BCUT2D eigenvalue weighted by atomic mass is 10.3. The Morgan fingerprint density at radius 1 is 1.14 bits per heavy atom. The second-order valence-electron chi connectivity index (χ2n) is 5.08. The number of nitro groups is 1. The third-order valence-electron chi connectivity index (χ3n) is 3.07. The number of oxime groups is 1. The van der Waals surface area contributed by atoms with E-state index in [1.165, 1.54) is 18.2 Å². The van der Waals surface area contributed by atoms with Crippen LogP contribution < -0.4 is 10.6 Å². The molecule has 146 valence electrons. The summed E-state index contributed by atoms with van der Waals surface area (Å²) in [7, 11) is 0. The highest BCUT2D eigenvalue weighted by Gasteiger charge is 2.15. The number of halogens is 3. The van der Waals surface area contributed by atoms with E-state index in [2.05, 4.69) is 15.3 Å². The van der Waals surface area contributed by atoms with Gasteiger partial charge in [-0.05, 0) is 18.2 Å². The van der Waals surface area contributed by atoms with Crippen LogP contribution in [0.5, 0.6) is 0 Å². The number of nitro benzene ring substituents is 1. The fourth-order valence-corrected chi connectivity index (χ4v) is 1.86. The second kappa shape index (κ2) is 9.12. The molecule has 2 aromatic rings. The molecule has 0 saturated carbocycles. The quantitative estimate of drug-likeness (QED) is 0.322. The summed E-state index contributed by atoms with van der Waals surface area (Å²) in [5.74, 6) is -6.47. The molecule has 2 amide bonds. The second-order valence-corrected chi connectivity index (χ2v) is 5.08. The largest absolute Gasteiger partial charge is 0.385 e. The Morgan fingerprint density at radius 2 is 1.89 bits per heavy atom. The van der Waals surface area contributed by atoms with Gasteiger partial charge >= 0.3 is 0 Å². The van der Waals surface area contributed by atoms with Gasteiger partial charge < -0.3 is 15.5 Å². The van der Waals surface area contributed by atoms with Gasteiger partial charge in [-0.25, -0.2) is 13.2 Å². The fraction of sp³-hybridized carbons (Fsp3) is 0.0625. The van der Waals surface area contributed by atoms with Crippen LogP contribution in [0.1, 0.15) is 0 Å². The van der Waals surface area contributed by atoms with Crippen LogP contribution in [0.4, 0.5) is 30.2 Å². The molecule has 12 heteroatoms. The minimum absolute atomic E-state index is 0.136. The topological polar surface area (TPSA) is 123 Å². The van der Waals surface area contributed by atoms with Crippen molar-refractivity contribution in [3.8, 4) is 0 Å². The molecule has 0 fully saturated rings. The van der Waals surface area contributed by atoms with Gasteiger partial charge in [-0.15, -0.1) is 0 Å². The Kier molecular flexibility index (Phi) is 6.63. The summed E-state index contributed by atoms with van der Waals surface area (Å²) in [5.41, 5.74) is -0.691. The van der Waals surface area contributed by atoms with E-state index in [0.717, 1.165) is 12.1 Å². The number of nitrogens with one attached hydrogen (secondary N) is 2. The predicted octanol–water partition coefficient (Wildman–Crippen LogP) is 2.59. The van der Waals surface area contributed by atoms with Crippen molar-refractivity contribution < 1.29 is 32.5 Å².